The summed E-state index contributed by atoms with van der Waals surface area (Å²) < 4.78 is 0. The molecule has 1 radical (unpaired) electrons. The second-order valence-electron chi connectivity index (χ2n) is 3.37. The predicted molar refractivity (Wildman–Crippen MR) is 61.4 cm³/mol. The fraction of sp³-hybridized carbons (Fsp3) is 0.545. The Kier molecular flexibility index (Phi) is 5.49. The van der Waals surface area contributed by atoms with E-state index in [4.69, 9.17) is 11.6 Å². The number of hydrogen-bond acceptors (Lipinski definition) is 1. The van der Waals surface area contributed by atoms with Crippen LogP contribution in [-0.4, -0.2) is 5.88 Å². The Hall–Kier alpha value is -0.0100. The van der Waals surface area contributed by atoms with Crippen LogP contribution in [0.3, 0.4) is 0 Å². The molecular weight excluding hydrogens is 200 g/mol. The van der Waals surface area contributed by atoms with E-state index in [1.807, 2.05) is 0 Å². The van der Waals surface area contributed by atoms with Crippen molar-refractivity contribution >= 4 is 22.9 Å². The Bertz CT molecular complexity index is 206. The zero-order valence-electron chi connectivity index (χ0n) is 7.84. The van der Waals surface area contributed by atoms with Gasteiger partial charge in [0.15, 0.2) is 0 Å². The third-order valence-electron chi connectivity index (χ3n) is 2.17. The first kappa shape index (κ1) is 11.1. The van der Waals surface area contributed by atoms with Crippen molar-refractivity contribution in [3.8, 4) is 0 Å². The first-order chi connectivity index (χ1) is 6.33. The highest BCUT2D eigenvalue weighted by molar-refractivity contribution is 7.07. The highest BCUT2D eigenvalue weighted by Gasteiger charge is 2.02. The summed E-state index contributed by atoms with van der Waals surface area (Å²) in [5, 5.41) is 4.35. The van der Waals surface area contributed by atoms with Crippen LogP contribution in [0.5, 0.6) is 0 Å². The average Bonchev–Trinajstić information content (AvgIpc) is 2.64. The second-order valence-corrected chi connectivity index (χ2v) is 4.53. The standard InChI is InChI=1S/C11H16ClS/c1-10(3-2-7-12)4-5-11-6-8-13-9-11/h6,8-10H,1-5,7H2. The van der Waals surface area contributed by atoms with Gasteiger partial charge in [0.05, 0.1) is 0 Å². The minimum absolute atomic E-state index is 0.568. The van der Waals surface area contributed by atoms with Crippen molar-refractivity contribution in [1.82, 2.24) is 0 Å². The lowest BCUT2D eigenvalue weighted by atomic mass is 9.98. The molecule has 1 rings (SSSR count). The molecule has 0 saturated heterocycles. The summed E-state index contributed by atoms with van der Waals surface area (Å²) in [6.45, 7) is 4.12. The normalized spacial score (nSPS) is 13.1. The SMILES string of the molecule is [CH2]C(CCCCl)CCc1ccsc1. The molecule has 13 heavy (non-hydrogen) atoms. The first-order valence-corrected chi connectivity index (χ1v) is 6.20. The van der Waals surface area contributed by atoms with Crippen molar-refractivity contribution in [3.63, 3.8) is 0 Å². The maximum atomic E-state index is 5.62. The van der Waals surface area contributed by atoms with E-state index < -0.39 is 0 Å². The van der Waals surface area contributed by atoms with Crippen molar-refractivity contribution in [3.05, 3.63) is 29.3 Å². The Morgan fingerprint density at radius 3 is 2.92 bits per heavy atom. The van der Waals surface area contributed by atoms with Crippen LogP contribution in [0.15, 0.2) is 16.8 Å². The van der Waals surface area contributed by atoms with Gasteiger partial charge in [-0.2, -0.15) is 11.3 Å². The molecule has 0 aromatic carbocycles. The maximum absolute atomic E-state index is 5.62. The number of hydrogen-bond donors (Lipinski definition) is 0. The van der Waals surface area contributed by atoms with Crippen molar-refractivity contribution in [2.75, 3.05) is 5.88 Å². The summed E-state index contributed by atoms with van der Waals surface area (Å²) in [6, 6.07) is 2.19. The van der Waals surface area contributed by atoms with Crippen molar-refractivity contribution in [1.29, 1.82) is 0 Å². The molecule has 0 N–H and O–H groups in total. The molecule has 0 nitrogen and oxygen atoms in total. The molecule has 73 valence electrons. The fourth-order valence-corrected chi connectivity index (χ4v) is 2.17. The maximum Gasteiger partial charge on any atom is 0.0223 e. The number of rotatable bonds is 6. The van der Waals surface area contributed by atoms with Gasteiger partial charge in [-0.1, -0.05) is 6.92 Å². The Morgan fingerprint density at radius 2 is 2.31 bits per heavy atom. The van der Waals surface area contributed by atoms with Crippen molar-refractivity contribution in [2.24, 2.45) is 5.92 Å². The number of halogens is 1. The van der Waals surface area contributed by atoms with Gasteiger partial charge in [0, 0.05) is 5.88 Å². The molecule has 1 unspecified atom stereocenters. The quantitative estimate of drug-likeness (QED) is 0.626. The zero-order chi connectivity index (χ0) is 9.52. The van der Waals surface area contributed by atoms with Crippen molar-refractivity contribution < 1.29 is 0 Å². The van der Waals surface area contributed by atoms with Gasteiger partial charge in [0.1, 0.15) is 0 Å². The molecule has 0 amide bonds. The van der Waals surface area contributed by atoms with E-state index in [1.165, 1.54) is 18.4 Å². The van der Waals surface area contributed by atoms with Gasteiger partial charge in [0.25, 0.3) is 0 Å². The molecule has 2 heteroatoms. The largest absolute Gasteiger partial charge is 0.152 e. The monoisotopic (exact) mass is 215 g/mol. The van der Waals surface area contributed by atoms with Crippen LogP contribution in [0.4, 0.5) is 0 Å². The molecule has 1 atom stereocenters. The summed E-state index contributed by atoms with van der Waals surface area (Å²) in [7, 11) is 0. The van der Waals surface area contributed by atoms with Crippen LogP contribution in [0.1, 0.15) is 24.8 Å². The lowest BCUT2D eigenvalue weighted by molar-refractivity contribution is 0.535. The van der Waals surface area contributed by atoms with Crippen LogP contribution in [0.2, 0.25) is 0 Å². The van der Waals surface area contributed by atoms with Gasteiger partial charge in [-0.15, -0.1) is 11.6 Å². The van der Waals surface area contributed by atoms with Crippen LogP contribution >= 0.6 is 22.9 Å². The molecule has 0 aliphatic heterocycles. The van der Waals surface area contributed by atoms with E-state index in [9.17, 15) is 0 Å². The van der Waals surface area contributed by atoms with Crippen LogP contribution in [0.25, 0.3) is 0 Å². The van der Waals surface area contributed by atoms with E-state index in [0.29, 0.717) is 5.92 Å². The number of alkyl halides is 1. The minimum atomic E-state index is 0.568. The molecule has 1 aromatic heterocycles. The van der Waals surface area contributed by atoms with E-state index >= 15 is 0 Å². The summed E-state index contributed by atoms with van der Waals surface area (Å²) >= 11 is 7.39. The van der Waals surface area contributed by atoms with E-state index in [1.54, 1.807) is 11.3 Å². The van der Waals surface area contributed by atoms with Crippen LogP contribution in [-0.2, 0) is 6.42 Å². The molecule has 1 aromatic rings. The van der Waals surface area contributed by atoms with E-state index in [-0.39, 0.29) is 0 Å². The Morgan fingerprint density at radius 1 is 1.46 bits per heavy atom. The number of aryl methyl sites for hydroxylation is 1. The predicted octanol–water partition coefficient (Wildman–Crippen LogP) is 4.15. The fourth-order valence-electron chi connectivity index (χ4n) is 1.32. The summed E-state index contributed by atoms with van der Waals surface area (Å²) in [5.41, 5.74) is 1.45. The molecule has 0 spiro atoms. The van der Waals surface area contributed by atoms with Crippen LogP contribution < -0.4 is 0 Å². The molecular formula is C11H16ClS. The lowest BCUT2D eigenvalue weighted by Gasteiger charge is -2.08. The smallest absolute Gasteiger partial charge is 0.0223 e. The highest BCUT2D eigenvalue weighted by Crippen LogP contribution is 2.15. The minimum Gasteiger partial charge on any atom is -0.152 e. The molecule has 0 fully saturated rings. The van der Waals surface area contributed by atoms with Gasteiger partial charge in [-0.05, 0) is 54.0 Å². The first-order valence-electron chi connectivity index (χ1n) is 4.73. The van der Waals surface area contributed by atoms with Gasteiger partial charge >= 0.3 is 0 Å². The molecule has 0 bridgehead atoms. The third-order valence-corrected chi connectivity index (χ3v) is 3.17. The molecule has 0 saturated carbocycles. The Balaban J connectivity index is 2.11. The van der Waals surface area contributed by atoms with Crippen molar-refractivity contribution in [2.45, 2.75) is 25.7 Å². The number of thiophene rings is 1. The molecule has 0 aliphatic rings. The van der Waals surface area contributed by atoms with Crippen LogP contribution in [0, 0.1) is 12.8 Å². The Labute approximate surface area is 89.9 Å². The average molecular weight is 216 g/mol. The zero-order valence-corrected chi connectivity index (χ0v) is 9.41. The molecule has 1 heterocycles. The molecule has 0 aliphatic carbocycles. The topological polar surface area (TPSA) is 0 Å². The van der Waals surface area contributed by atoms with Gasteiger partial charge in [0.2, 0.25) is 0 Å². The van der Waals surface area contributed by atoms with Gasteiger partial charge in [-0.25, -0.2) is 0 Å². The third kappa shape index (κ3) is 4.68. The second kappa shape index (κ2) is 6.44. The van der Waals surface area contributed by atoms with E-state index in [2.05, 4.69) is 23.8 Å². The highest BCUT2D eigenvalue weighted by atomic mass is 35.5. The lowest BCUT2D eigenvalue weighted by Crippen LogP contribution is -1.97. The summed E-state index contributed by atoms with van der Waals surface area (Å²) in [6.07, 6.45) is 4.61. The summed E-state index contributed by atoms with van der Waals surface area (Å²) in [5.74, 6) is 1.34. The van der Waals surface area contributed by atoms with Gasteiger partial charge < -0.3 is 0 Å². The summed E-state index contributed by atoms with van der Waals surface area (Å²) in [4.78, 5) is 0. The van der Waals surface area contributed by atoms with E-state index in [0.717, 1.165) is 18.7 Å². The van der Waals surface area contributed by atoms with Gasteiger partial charge in [-0.3, -0.25) is 0 Å².